The standard InChI is InChI=1S/C9H19N3O/c1-2-11-9(13)7-12-5-3-4-8(10)6-12/h8H,2-7,10H2,1H3,(H,11,13)/t8-/m0/s1. The number of nitrogens with zero attached hydrogens (tertiary/aromatic N) is 1. The molecule has 1 fully saturated rings. The molecule has 0 saturated carbocycles. The first-order valence-corrected chi connectivity index (χ1v) is 4.97. The first kappa shape index (κ1) is 10.5. The van der Waals surface area contributed by atoms with Gasteiger partial charge in [0.1, 0.15) is 0 Å². The molecular weight excluding hydrogens is 166 g/mol. The third kappa shape index (κ3) is 3.74. The van der Waals surface area contributed by atoms with Crippen LogP contribution >= 0.6 is 0 Å². The Morgan fingerprint density at radius 3 is 3.08 bits per heavy atom. The number of amides is 1. The van der Waals surface area contributed by atoms with E-state index in [1.807, 2.05) is 6.92 Å². The summed E-state index contributed by atoms with van der Waals surface area (Å²) in [6, 6.07) is 0.253. The van der Waals surface area contributed by atoms with Gasteiger partial charge in [-0.3, -0.25) is 9.69 Å². The van der Waals surface area contributed by atoms with Crippen LogP contribution in [-0.4, -0.2) is 43.0 Å². The predicted molar refractivity (Wildman–Crippen MR) is 52.3 cm³/mol. The maximum absolute atomic E-state index is 11.2. The Kier molecular flexibility index (Phi) is 4.18. The number of nitrogens with two attached hydrogens (primary N) is 1. The number of nitrogens with one attached hydrogen (secondary N) is 1. The van der Waals surface area contributed by atoms with Crippen molar-refractivity contribution < 1.29 is 4.79 Å². The molecule has 4 heteroatoms. The van der Waals surface area contributed by atoms with E-state index in [1.54, 1.807) is 0 Å². The van der Waals surface area contributed by atoms with E-state index in [4.69, 9.17) is 5.73 Å². The van der Waals surface area contributed by atoms with Crippen LogP contribution in [0.3, 0.4) is 0 Å². The smallest absolute Gasteiger partial charge is 0.234 e. The Balaban J connectivity index is 2.23. The van der Waals surface area contributed by atoms with Gasteiger partial charge < -0.3 is 11.1 Å². The van der Waals surface area contributed by atoms with E-state index in [0.717, 1.165) is 25.9 Å². The largest absolute Gasteiger partial charge is 0.355 e. The Morgan fingerprint density at radius 1 is 1.69 bits per heavy atom. The summed E-state index contributed by atoms with van der Waals surface area (Å²) in [6.07, 6.45) is 2.20. The lowest BCUT2D eigenvalue weighted by Gasteiger charge is -2.29. The Labute approximate surface area is 79.5 Å². The van der Waals surface area contributed by atoms with Gasteiger partial charge in [-0.25, -0.2) is 0 Å². The normalized spacial score (nSPS) is 24.3. The number of carbonyl (C=O) groups excluding carboxylic acids is 1. The van der Waals surface area contributed by atoms with E-state index in [9.17, 15) is 4.79 Å². The van der Waals surface area contributed by atoms with Crippen molar-refractivity contribution in [1.29, 1.82) is 0 Å². The second-order valence-corrected chi connectivity index (χ2v) is 3.59. The number of hydrogen-bond acceptors (Lipinski definition) is 3. The SMILES string of the molecule is CCNC(=O)CN1CCC[C@H](N)C1. The van der Waals surface area contributed by atoms with Gasteiger partial charge in [0.15, 0.2) is 0 Å². The van der Waals surface area contributed by atoms with Gasteiger partial charge in [-0.1, -0.05) is 0 Å². The van der Waals surface area contributed by atoms with Gasteiger partial charge in [0, 0.05) is 19.1 Å². The van der Waals surface area contributed by atoms with Crippen LogP contribution in [0.25, 0.3) is 0 Å². The Hall–Kier alpha value is -0.610. The molecule has 1 saturated heterocycles. The monoisotopic (exact) mass is 185 g/mol. The summed E-state index contributed by atoms with van der Waals surface area (Å²) >= 11 is 0. The third-order valence-electron chi connectivity index (χ3n) is 2.28. The van der Waals surface area contributed by atoms with Crippen molar-refractivity contribution in [3.63, 3.8) is 0 Å². The minimum Gasteiger partial charge on any atom is -0.355 e. The second kappa shape index (κ2) is 5.19. The van der Waals surface area contributed by atoms with Crippen molar-refractivity contribution in [3.05, 3.63) is 0 Å². The molecule has 0 aliphatic carbocycles. The summed E-state index contributed by atoms with van der Waals surface area (Å²) < 4.78 is 0. The number of carbonyl (C=O) groups is 1. The second-order valence-electron chi connectivity index (χ2n) is 3.59. The lowest BCUT2D eigenvalue weighted by Crippen LogP contribution is -2.46. The van der Waals surface area contributed by atoms with Crippen LogP contribution in [0.15, 0.2) is 0 Å². The molecule has 1 aliphatic heterocycles. The lowest BCUT2D eigenvalue weighted by molar-refractivity contribution is -0.122. The van der Waals surface area contributed by atoms with Crippen molar-refractivity contribution in [1.82, 2.24) is 10.2 Å². The molecule has 76 valence electrons. The van der Waals surface area contributed by atoms with Gasteiger partial charge in [-0.15, -0.1) is 0 Å². The lowest BCUT2D eigenvalue weighted by atomic mass is 10.1. The molecule has 13 heavy (non-hydrogen) atoms. The molecule has 3 N–H and O–H groups in total. The molecule has 0 aromatic rings. The first-order chi connectivity index (χ1) is 6.22. The summed E-state index contributed by atoms with van der Waals surface area (Å²) in [5, 5.41) is 2.79. The van der Waals surface area contributed by atoms with Crippen LogP contribution < -0.4 is 11.1 Å². The molecule has 1 rings (SSSR count). The van der Waals surface area contributed by atoms with Crippen LogP contribution in [0.5, 0.6) is 0 Å². The van der Waals surface area contributed by atoms with E-state index in [2.05, 4.69) is 10.2 Å². The molecule has 0 unspecified atom stereocenters. The maximum Gasteiger partial charge on any atom is 0.234 e. The zero-order valence-corrected chi connectivity index (χ0v) is 8.25. The van der Waals surface area contributed by atoms with Crippen LogP contribution in [0.2, 0.25) is 0 Å². The fourth-order valence-electron chi connectivity index (χ4n) is 1.69. The van der Waals surface area contributed by atoms with Crippen LogP contribution in [0.1, 0.15) is 19.8 Å². The van der Waals surface area contributed by atoms with Gasteiger partial charge in [-0.05, 0) is 26.3 Å². The topological polar surface area (TPSA) is 58.4 Å². The molecule has 1 heterocycles. The molecule has 0 aromatic carbocycles. The van der Waals surface area contributed by atoms with Crippen molar-refractivity contribution in [2.75, 3.05) is 26.2 Å². The van der Waals surface area contributed by atoms with E-state index >= 15 is 0 Å². The highest BCUT2D eigenvalue weighted by Gasteiger charge is 2.18. The van der Waals surface area contributed by atoms with Crippen LogP contribution in [0, 0.1) is 0 Å². The minimum absolute atomic E-state index is 0.108. The van der Waals surface area contributed by atoms with Crippen LogP contribution in [-0.2, 0) is 4.79 Å². The number of piperidine rings is 1. The number of rotatable bonds is 3. The Bertz CT molecular complexity index is 172. The molecule has 0 bridgehead atoms. The molecule has 1 amide bonds. The molecule has 1 aliphatic rings. The highest BCUT2D eigenvalue weighted by atomic mass is 16.2. The Morgan fingerprint density at radius 2 is 2.46 bits per heavy atom. The summed E-state index contributed by atoms with van der Waals surface area (Å²) in [5.41, 5.74) is 5.80. The average molecular weight is 185 g/mol. The van der Waals surface area contributed by atoms with Crippen molar-refractivity contribution >= 4 is 5.91 Å². The van der Waals surface area contributed by atoms with E-state index in [0.29, 0.717) is 13.1 Å². The third-order valence-corrected chi connectivity index (χ3v) is 2.28. The summed E-state index contributed by atoms with van der Waals surface area (Å²) in [7, 11) is 0. The predicted octanol–water partition coefficient (Wildman–Crippen LogP) is -0.454. The summed E-state index contributed by atoms with van der Waals surface area (Å²) in [4.78, 5) is 13.3. The quantitative estimate of drug-likeness (QED) is 0.626. The van der Waals surface area contributed by atoms with E-state index < -0.39 is 0 Å². The molecule has 0 aromatic heterocycles. The molecule has 0 radical (unpaired) electrons. The molecule has 1 atom stereocenters. The fraction of sp³-hybridized carbons (Fsp3) is 0.889. The first-order valence-electron chi connectivity index (χ1n) is 4.97. The van der Waals surface area contributed by atoms with Gasteiger partial charge in [0.2, 0.25) is 5.91 Å². The van der Waals surface area contributed by atoms with E-state index in [-0.39, 0.29) is 11.9 Å². The maximum atomic E-state index is 11.2. The van der Waals surface area contributed by atoms with Gasteiger partial charge >= 0.3 is 0 Å². The molecule has 4 nitrogen and oxygen atoms in total. The molecule has 0 spiro atoms. The highest BCUT2D eigenvalue weighted by Crippen LogP contribution is 2.06. The minimum atomic E-state index is 0.108. The molecular formula is C9H19N3O. The number of hydrogen-bond donors (Lipinski definition) is 2. The van der Waals surface area contributed by atoms with E-state index in [1.165, 1.54) is 0 Å². The van der Waals surface area contributed by atoms with Crippen LogP contribution in [0.4, 0.5) is 0 Å². The summed E-state index contributed by atoms with van der Waals surface area (Å²) in [5.74, 6) is 0.108. The van der Waals surface area contributed by atoms with Gasteiger partial charge in [-0.2, -0.15) is 0 Å². The van der Waals surface area contributed by atoms with Crippen molar-refractivity contribution in [2.45, 2.75) is 25.8 Å². The zero-order chi connectivity index (χ0) is 9.68. The van der Waals surface area contributed by atoms with Gasteiger partial charge in [0.05, 0.1) is 6.54 Å². The fourth-order valence-corrected chi connectivity index (χ4v) is 1.69. The number of likely N-dealkylation sites (tertiary alicyclic amines) is 1. The highest BCUT2D eigenvalue weighted by molar-refractivity contribution is 5.77. The summed E-state index contributed by atoms with van der Waals surface area (Å²) in [6.45, 7) is 5.00. The van der Waals surface area contributed by atoms with Crippen molar-refractivity contribution in [2.24, 2.45) is 5.73 Å². The zero-order valence-electron chi connectivity index (χ0n) is 8.25. The average Bonchev–Trinajstić information content (AvgIpc) is 2.04. The number of likely N-dealkylation sites (N-methyl/N-ethyl adjacent to an activating group) is 1. The van der Waals surface area contributed by atoms with Crippen molar-refractivity contribution in [3.8, 4) is 0 Å². The van der Waals surface area contributed by atoms with Gasteiger partial charge in [0.25, 0.3) is 0 Å².